The summed E-state index contributed by atoms with van der Waals surface area (Å²) in [6.45, 7) is -2.05. The molecule has 0 amide bonds. The zero-order chi connectivity index (χ0) is 30.0. The molecule has 4 aliphatic rings. The molecule has 0 aromatic rings. The smallest absolute Gasteiger partial charge is 0.228 e. The summed E-state index contributed by atoms with van der Waals surface area (Å²) in [6.07, 6.45) is -24.0. The maximum Gasteiger partial charge on any atom is 0.228 e. The summed E-state index contributed by atoms with van der Waals surface area (Å²) in [7, 11) is 0. The minimum absolute atomic E-state index is 0.0484. The minimum Gasteiger partial charge on any atom is -0.506 e. The lowest BCUT2D eigenvalue weighted by atomic mass is 9.96. The topological polar surface area (TPSA) is 287 Å². The van der Waals surface area contributed by atoms with Crippen molar-refractivity contribution >= 4 is 0 Å². The molecule has 4 aliphatic heterocycles. The number of hydrogen-bond donors (Lipinski definition) is 11. The molecule has 238 valence electrons. The van der Waals surface area contributed by atoms with Crippen LogP contribution in [-0.4, -0.2) is 181 Å². The molecule has 0 aromatic heterocycles. The van der Waals surface area contributed by atoms with Crippen LogP contribution in [0.3, 0.4) is 0 Å². The summed E-state index contributed by atoms with van der Waals surface area (Å²) in [5.41, 5.74) is 0. The SMILES string of the molecule is OCC1OC(OC2C(O)C(CO)OC(OC3CCOC(CO)C3OC3OC=C(O)C(O)C3O)C2O)C(O)C(O)C1O. The predicted molar refractivity (Wildman–Crippen MR) is 125 cm³/mol. The van der Waals surface area contributed by atoms with Gasteiger partial charge in [0.1, 0.15) is 79.5 Å². The van der Waals surface area contributed by atoms with E-state index < -0.39 is 124 Å². The highest BCUT2D eigenvalue weighted by Gasteiger charge is 2.52. The Kier molecular flexibility index (Phi) is 11.1. The van der Waals surface area contributed by atoms with Gasteiger partial charge in [-0.2, -0.15) is 0 Å². The van der Waals surface area contributed by atoms with E-state index in [4.69, 9.17) is 33.2 Å². The summed E-state index contributed by atoms with van der Waals surface area (Å²) < 4.78 is 38.7. The largest absolute Gasteiger partial charge is 0.506 e. The van der Waals surface area contributed by atoms with E-state index in [1.165, 1.54) is 0 Å². The Morgan fingerprint density at radius 3 is 1.85 bits per heavy atom. The maximum atomic E-state index is 11.1. The Hall–Kier alpha value is -1.30. The van der Waals surface area contributed by atoms with Gasteiger partial charge >= 0.3 is 0 Å². The van der Waals surface area contributed by atoms with Crippen LogP contribution in [0.1, 0.15) is 6.42 Å². The first-order valence-electron chi connectivity index (χ1n) is 13.0. The molecule has 4 heterocycles. The van der Waals surface area contributed by atoms with Crippen molar-refractivity contribution in [1.82, 2.24) is 0 Å². The highest BCUT2D eigenvalue weighted by Crippen LogP contribution is 2.33. The quantitative estimate of drug-likeness (QED) is 0.117. The van der Waals surface area contributed by atoms with Gasteiger partial charge in [0.05, 0.1) is 25.9 Å². The van der Waals surface area contributed by atoms with Gasteiger partial charge in [-0.25, -0.2) is 0 Å². The number of rotatable bonds is 9. The number of aliphatic hydroxyl groups excluding tert-OH is 11. The molecule has 4 rings (SSSR count). The summed E-state index contributed by atoms with van der Waals surface area (Å²) in [5.74, 6) is -0.637. The monoisotopic (exact) mass is 602 g/mol. The lowest BCUT2D eigenvalue weighted by Gasteiger charge is -2.47. The van der Waals surface area contributed by atoms with Crippen LogP contribution in [0, 0.1) is 0 Å². The molecule has 3 saturated heterocycles. The standard InChI is InChI=1S/C23H38O18/c24-3-9-13(29)15(31)17(33)22(38-9)41-20-14(30)10(4-25)39-23(18(20)34)37-8-1-2-35-11(5-26)19(8)40-21-16(32)12(28)7(27)6-36-21/h6,8-34H,1-5H2. The highest BCUT2D eigenvalue weighted by molar-refractivity contribution is 5.02. The lowest BCUT2D eigenvalue weighted by Crippen LogP contribution is -2.65. The lowest BCUT2D eigenvalue weighted by molar-refractivity contribution is -0.371. The van der Waals surface area contributed by atoms with Crippen molar-refractivity contribution in [3.05, 3.63) is 12.0 Å². The van der Waals surface area contributed by atoms with E-state index >= 15 is 0 Å². The fourth-order valence-electron chi connectivity index (χ4n) is 5.02. The highest BCUT2D eigenvalue weighted by atomic mass is 16.8. The Bertz CT molecular complexity index is 860. The summed E-state index contributed by atoms with van der Waals surface area (Å²) in [4.78, 5) is 0. The Morgan fingerprint density at radius 2 is 1.22 bits per heavy atom. The van der Waals surface area contributed by atoms with Crippen LogP contribution in [0.2, 0.25) is 0 Å². The van der Waals surface area contributed by atoms with Gasteiger partial charge in [0.15, 0.2) is 18.3 Å². The molecular formula is C23H38O18. The Labute approximate surface area is 233 Å². The molecule has 0 aromatic carbocycles. The van der Waals surface area contributed by atoms with E-state index in [-0.39, 0.29) is 13.0 Å². The van der Waals surface area contributed by atoms with Crippen LogP contribution in [0.4, 0.5) is 0 Å². The van der Waals surface area contributed by atoms with Crippen molar-refractivity contribution in [2.75, 3.05) is 26.4 Å². The van der Waals surface area contributed by atoms with E-state index in [1.54, 1.807) is 0 Å². The van der Waals surface area contributed by atoms with Gasteiger partial charge in [-0.3, -0.25) is 0 Å². The van der Waals surface area contributed by atoms with E-state index in [0.29, 0.717) is 0 Å². The predicted octanol–water partition coefficient (Wildman–Crippen LogP) is -6.36. The second-order valence-corrected chi connectivity index (χ2v) is 10.1. The van der Waals surface area contributed by atoms with E-state index in [0.717, 1.165) is 6.26 Å². The first kappa shape index (κ1) is 32.6. The third kappa shape index (κ3) is 6.78. The van der Waals surface area contributed by atoms with Crippen molar-refractivity contribution in [1.29, 1.82) is 0 Å². The average molecular weight is 603 g/mol. The van der Waals surface area contributed by atoms with Crippen LogP contribution < -0.4 is 0 Å². The average Bonchev–Trinajstić information content (AvgIpc) is 2.97. The van der Waals surface area contributed by atoms with Crippen molar-refractivity contribution in [2.45, 2.75) is 105 Å². The molecule has 18 heteroatoms. The van der Waals surface area contributed by atoms with Crippen molar-refractivity contribution < 1.29 is 89.3 Å². The molecule has 0 saturated carbocycles. The van der Waals surface area contributed by atoms with Crippen LogP contribution in [0.15, 0.2) is 12.0 Å². The Morgan fingerprint density at radius 1 is 0.634 bits per heavy atom. The van der Waals surface area contributed by atoms with Gasteiger partial charge in [0.2, 0.25) is 6.29 Å². The summed E-state index contributed by atoms with van der Waals surface area (Å²) in [6, 6.07) is 0. The molecule has 11 N–H and O–H groups in total. The minimum atomic E-state index is -1.86. The van der Waals surface area contributed by atoms with Crippen LogP contribution in [-0.2, 0) is 33.2 Å². The van der Waals surface area contributed by atoms with E-state index in [1.807, 2.05) is 0 Å². The zero-order valence-corrected chi connectivity index (χ0v) is 21.6. The summed E-state index contributed by atoms with van der Waals surface area (Å²) >= 11 is 0. The first-order chi connectivity index (χ1) is 19.5. The van der Waals surface area contributed by atoms with Gasteiger partial charge < -0.3 is 89.3 Å². The van der Waals surface area contributed by atoms with Crippen molar-refractivity contribution in [3.63, 3.8) is 0 Å². The third-order valence-electron chi connectivity index (χ3n) is 7.44. The van der Waals surface area contributed by atoms with Gasteiger partial charge in [-0.15, -0.1) is 0 Å². The van der Waals surface area contributed by atoms with Crippen LogP contribution in [0.25, 0.3) is 0 Å². The van der Waals surface area contributed by atoms with E-state index in [2.05, 4.69) is 0 Å². The molecular weight excluding hydrogens is 564 g/mol. The van der Waals surface area contributed by atoms with Gasteiger partial charge in [-0.05, 0) is 6.42 Å². The third-order valence-corrected chi connectivity index (χ3v) is 7.44. The molecule has 0 aliphatic carbocycles. The second kappa shape index (κ2) is 14.0. The molecule has 16 unspecified atom stereocenters. The second-order valence-electron chi connectivity index (χ2n) is 10.1. The fourth-order valence-corrected chi connectivity index (χ4v) is 5.02. The normalized spacial score (nSPS) is 49.3. The molecule has 3 fully saturated rings. The Balaban J connectivity index is 1.50. The molecule has 16 atom stereocenters. The van der Waals surface area contributed by atoms with Crippen LogP contribution >= 0.6 is 0 Å². The van der Waals surface area contributed by atoms with E-state index in [9.17, 15) is 56.2 Å². The number of hydrogen-bond acceptors (Lipinski definition) is 18. The summed E-state index contributed by atoms with van der Waals surface area (Å²) in [5, 5.41) is 111. The maximum absolute atomic E-state index is 11.1. The van der Waals surface area contributed by atoms with Gasteiger partial charge in [-0.1, -0.05) is 0 Å². The molecule has 18 nitrogen and oxygen atoms in total. The number of ether oxygens (including phenoxy) is 7. The zero-order valence-electron chi connectivity index (χ0n) is 21.6. The molecule has 0 radical (unpaired) electrons. The first-order valence-corrected chi connectivity index (χ1v) is 13.0. The fraction of sp³-hybridized carbons (Fsp3) is 0.913. The molecule has 0 spiro atoms. The molecule has 41 heavy (non-hydrogen) atoms. The van der Waals surface area contributed by atoms with Gasteiger partial charge in [0.25, 0.3) is 0 Å². The van der Waals surface area contributed by atoms with Crippen molar-refractivity contribution in [2.24, 2.45) is 0 Å². The van der Waals surface area contributed by atoms with Gasteiger partial charge in [0, 0.05) is 6.61 Å². The molecule has 0 bridgehead atoms. The van der Waals surface area contributed by atoms with Crippen molar-refractivity contribution in [3.8, 4) is 0 Å². The number of aliphatic hydroxyl groups is 11. The van der Waals surface area contributed by atoms with Crippen LogP contribution in [0.5, 0.6) is 0 Å².